The fourth-order valence-electron chi connectivity index (χ4n) is 1.33. The first kappa shape index (κ1) is 12.0. The summed E-state index contributed by atoms with van der Waals surface area (Å²) in [5.74, 6) is -0.179. The molecular weight excluding hydrogens is 237 g/mol. The highest BCUT2D eigenvalue weighted by Crippen LogP contribution is 2.07. The van der Waals surface area contributed by atoms with Crippen LogP contribution in [0.2, 0.25) is 0 Å². The molecule has 0 saturated carbocycles. The van der Waals surface area contributed by atoms with Crippen molar-refractivity contribution in [3.05, 3.63) is 36.5 Å². The molecule has 0 aliphatic rings. The number of carbonyl (C=O) groups is 1. The first-order valence-electron chi connectivity index (χ1n) is 5.39. The largest absolute Gasteiger partial charge is 0.324 e. The number of aromatic nitrogens is 3. The zero-order chi connectivity index (χ0) is 13.0. The molecule has 0 bridgehead atoms. The van der Waals surface area contributed by atoms with E-state index in [0.29, 0.717) is 5.69 Å². The number of amides is 2. The van der Waals surface area contributed by atoms with E-state index in [1.807, 2.05) is 6.92 Å². The summed E-state index contributed by atoms with van der Waals surface area (Å²) in [6, 6.07) is 2.15. The number of rotatable bonds is 3. The van der Waals surface area contributed by atoms with Crippen LogP contribution in [0.1, 0.15) is 6.92 Å². The smallest absolute Gasteiger partial charge is 0.305 e. The van der Waals surface area contributed by atoms with E-state index in [4.69, 9.17) is 0 Å². The van der Waals surface area contributed by atoms with E-state index in [-0.39, 0.29) is 5.82 Å². The van der Waals surface area contributed by atoms with Crippen LogP contribution in [0, 0.1) is 5.82 Å². The van der Waals surface area contributed by atoms with Crippen molar-refractivity contribution in [1.29, 1.82) is 0 Å². The molecule has 2 rings (SSSR count). The van der Waals surface area contributed by atoms with Gasteiger partial charge in [-0.25, -0.2) is 14.2 Å². The first-order valence-corrected chi connectivity index (χ1v) is 5.39. The molecule has 0 radical (unpaired) electrons. The predicted octanol–water partition coefficient (Wildman–Crippen LogP) is 2.08. The van der Waals surface area contributed by atoms with Crippen LogP contribution in [0.15, 0.2) is 30.7 Å². The van der Waals surface area contributed by atoms with Gasteiger partial charge >= 0.3 is 6.03 Å². The van der Waals surface area contributed by atoms with E-state index in [9.17, 15) is 9.18 Å². The zero-order valence-corrected chi connectivity index (χ0v) is 9.72. The molecule has 7 heteroatoms. The Hall–Kier alpha value is -2.44. The lowest BCUT2D eigenvalue weighted by Crippen LogP contribution is -2.19. The average molecular weight is 249 g/mol. The lowest BCUT2D eigenvalue weighted by Gasteiger charge is -2.04. The third-order valence-electron chi connectivity index (χ3n) is 2.18. The Kier molecular flexibility index (Phi) is 3.52. The third kappa shape index (κ3) is 3.03. The SMILES string of the molecule is CCn1cc(NC(=O)Nc2ccc(F)cn2)cn1. The molecule has 18 heavy (non-hydrogen) atoms. The van der Waals surface area contributed by atoms with E-state index in [0.717, 1.165) is 12.7 Å². The molecule has 0 saturated heterocycles. The van der Waals surface area contributed by atoms with E-state index in [1.165, 1.54) is 12.1 Å². The molecule has 0 atom stereocenters. The van der Waals surface area contributed by atoms with Crippen molar-refractivity contribution >= 4 is 17.5 Å². The maximum absolute atomic E-state index is 12.6. The molecule has 0 unspecified atom stereocenters. The van der Waals surface area contributed by atoms with Crippen LogP contribution >= 0.6 is 0 Å². The third-order valence-corrected chi connectivity index (χ3v) is 2.18. The minimum absolute atomic E-state index is 0.275. The van der Waals surface area contributed by atoms with Crippen molar-refractivity contribution in [3.63, 3.8) is 0 Å². The maximum atomic E-state index is 12.6. The summed E-state index contributed by atoms with van der Waals surface area (Å²) in [4.78, 5) is 15.3. The summed E-state index contributed by atoms with van der Waals surface area (Å²) >= 11 is 0. The van der Waals surface area contributed by atoms with Gasteiger partial charge in [-0.15, -0.1) is 0 Å². The Bertz CT molecular complexity index is 537. The molecule has 2 aromatic rings. The standard InChI is InChI=1S/C11H12FN5O/c1-2-17-7-9(6-14-17)15-11(18)16-10-4-3-8(12)5-13-10/h3-7H,2H2,1H3,(H2,13,15,16,18). The highest BCUT2D eigenvalue weighted by atomic mass is 19.1. The van der Waals surface area contributed by atoms with Crippen LogP contribution in [0.25, 0.3) is 0 Å². The number of anilines is 2. The molecular formula is C11H12FN5O. The number of hydrogen-bond acceptors (Lipinski definition) is 3. The molecule has 6 nitrogen and oxygen atoms in total. The van der Waals surface area contributed by atoms with E-state index >= 15 is 0 Å². The molecule has 0 aromatic carbocycles. The molecule has 94 valence electrons. The quantitative estimate of drug-likeness (QED) is 0.874. The predicted molar refractivity (Wildman–Crippen MR) is 64.7 cm³/mol. The number of carbonyl (C=O) groups excluding carboxylic acids is 1. The summed E-state index contributed by atoms with van der Waals surface area (Å²) in [5.41, 5.74) is 0.580. The molecule has 2 N–H and O–H groups in total. The number of pyridine rings is 1. The van der Waals surface area contributed by atoms with Gasteiger partial charge in [-0.2, -0.15) is 5.10 Å². The second kappa shape index (κ2) is 5.26. The van der Waals surface area contributed by atoms with E-state index in [2.05, 4.69) is 20.7 Å². The second-order valence-electron chi connectivity index (χ2n) is 3.53. The molecule has 0 fully saturated rings. The first-order chi connectivity index (χ1) is 8.67. The van der Waals surface area contributed by atoms with Gasteiger partial charge in [-0.1, -0.05) is 0 Å². The minimum atomic E-state index is -0.454. The number of hydrogen-bond donors (Lipinski definition) is 2. The van der Waals surface area contributed by atoms with Crippen LogP contribution in [0.3, 0.4) is 0 Å². The van der Waals surface area contributed by atoms with Crippen LogP contribution in [-0.2, 0) is 6.54 Å². The Morgan fingerprint density at radius 3 is 2.83 bits per heavy atom. The van der Waals surface area contributed by atoms with Crippen LogP contribution in [0.4, 0.5) is 20.7 Å². The van der Waals surface area contributed by atoms with Gasteiger partial charge in [0, 0.05) is 12.7 Å². The summed E-state index contributed by atoms with van der Waals surface area (Å²) in [5, 5.41) is 9.09. The van der Waals surface area contributed by atoms with Gasteiger partial charge in [-0.05, 0) is 19.1 Å². The lowest BCUT2D eigenvalue weighted by molar-refractivity contribution is 0.262. The van der Waals surface area contributed by atoms with Crippen molar-refractivity contribution in [2.75, 3.05) is 10.6 Å². The Labute approximate surface area is 103 Å². The Balaban J connectivity index is 1.94. The number of nitrogens with zero attached hydrogens (tertiary/aromatic N) is 3. The summed E-state index contributed by atoms with van der Waals surface area (Å²) in [6.07, 6.45) is 4.28. The Morgan fingerprint density at radius 2 is 2.22 bits per heavy atom. The molecule has 2 amide bonds. The number of halogens is 1. The monoisotopic (exact) mass is 249 g/mol. The highest BCUT2D eigenvalue weighted by Gasteiger charge is 2.05. The van der Waals surface area contributed by atoms with Gasteiger partial charge in [0.25, 0.3) is 0 Å². The van der Waals surface area contributed by atoms with Crippen molar-refractivity contribution in [1.82, 2.24) is 14.8 Å². The minimum Gasteiger partial charge on any atom is -0.305 e. The van der Waals surface area contributed by atoms with Crippen LogP contribution in [-0.4, -0.2) is 20.8 Å². The van der Waals surface area contributed by atoms with Gasteiger partial charge < -0.3 is 5.32 Å². The zero-order valence-electron chi connectivity index (χ0n) is 9.72. The van der Waals surface area contributed by atoms with Crippen molar-refractivity contribution in [3.8, 4) is 0 Å². The summed E-state index contributed by atoms with van der Waals surface area (Å²) in [7, 11) is 0. The van der Waals surface area contributed by atoms with Crippen molar-refractivity contribution in [2.45, 2.75) is 13.5 Å². The van der Waals surface area contributed by atoms with Crippen molar-refractivity contribution < 1.29 is 9.18 Å². The number of urea groups is 1. The fourth-order valence-corrected chi connectivity index (χ4v) is 1.33. The van der Waals surface area contributed by atoms with Gasteiger partial charge in [0.2, 0.25) is 0 Å². The molecule has 0 spiro atoms. The Morgan fingerprint density at radius 1 is 1.39 bits per heavy atom. The van der Waals surface area contributed by atoms with Gasteiger partial charge in [0.15, 0.2) is 0 Å². The number of aryl methyl sites for hydroxylation is 1. The lowest BCUT2D eigenvalue weighted by atomic mass is 10.4. The maximum Gasteiger partial charge on any atom is 0.324 e. The average Bonchev–Trinajstić information content (AvgIpc) is 2.79. The highest BCUT2D eigenvalue weighted by molar-refractivity contribution is 5.98. The normalized spacial score (nSPS) is 10.1. The fraction of sp³-hybridized carbons (Fsp3) is 0.182. The topological polar surface area (TPSA) is 71.8 Å². The van der Waals surface area contributed by atoms with Gasteiger partial charge in [0.05, 0.1) is 18.1 Å². The summed E-state index contributed by atoms with van der Waals surface area (Å²) < 4.78 is 14.3. The number of nitrogens with one attached hydrogen (secondary N) is 2. The molecule has 0 aliphatic carbocycles. The molecule has 0 aliphatic heterocycles. The second-order valence-corrected chi connectivity index (χ2v) is 3.53. The molecule has 2 heterocycles. The van der Waals surface area contributed by atoms with Crippen LogP contribution in [0.5, 0.6) is 0 Å². The van der Waals surface area contributed by atoms with E-state index in [1.54, 1.807) is 17.1 Å². The molecule has 2 aromatic heterocycles. The van der Waals surface area contributed by atoms with E-state index < -0.39 is 11.8 Å². The van der Waals surface area contributed by atoms with Crippen LogP contribution < -0.4 is 10.6 Å². The van der Waals surface area contributed by atoms with Gasteiger partial charge in [0.1, 0.15) is 11.6 Å². The van der Waals surface area contributed by atoms with Crippen molar-refractivity contribution in [2.24, 2.45) is 0 Å². The summed E-state index contributed by atoms with van der Waals surface area (Å²) in [6.45, 7) is 2.67. The van der Waals surface area contributed by atoms with Gasteiger partial charge in [-0.3, -0.25) is 10.00 Å².